The van der Waals surface area contributed by atoms with Crippen LogP contribution < -0.4 is 0 Å². The van der Waals surface area contributed by atoms with Crippen LogP contribution in [-0.2, 0) is 9.53 Å². The molecule has 0 N–H and O–H groups in total. The van der Waals surface area contributed by atoms with Gasteiger partial charge in [-0.3, -0.25) is 9.59 Å². The number of carbonyl (C=O) groups is 3. The van der Waals surface area contributed by atoms with E-state index in [-0.39, 0.29) is 12.5 Å². The first-order valence-corrected chi connectivity index (χ1v) is 7.49. The van der Waals surface area contributed by atoms with Gasteiger partial charge in [-0.25, -0.2) is 4.79 Å². The van der Waals surface area contributed by atoms with Crippen molar-refractivity contribution in [1.29, 1.82) is 0 Å². The van der Waals surface area contributed by atoms with Gasteiger partial charge in [0.15, 0.2) is 6.61 Å². The van der Waals surface area contributed by atoms with E-state index in [1.807, 2.05) is 0 Å². The highest BCUT2D eigenvalue weighted by molar-refractivity contribution is 5.92. The summed E-state index contributed by atoms with van der Waals surface area (Å²) in [5, 5.41) is 0. The van der Waals surface area contributed by atoms with Crippen molar-refractivity contribution in [3.8, 4) is 0 Å². The predicted molar refractivity (Wildman–Crippen MR) is 81.6 cm³/mol. The Hall–Kier alpha value is -2.17. The Kier molecular flexibility index (Phi) is 5.31. The summed E-state index contributed by atoms with van der Waals surface area (Å²) in [6.45, 7) is 5.43. The minimum Gasteiger partial charge on any atom is -0.452 e. The Morgan fingerprint density at radius 1 is 1.18 bits per heavy atom. The first-order chi connectivity index (χ1) is 10.5. The van der Waals surface area contributed by atoms with Crippen LogP contribution in [0.4, 0.5) is 0 Å². The van der Waals surface area contributed by atoms with Gasteiger partial charge in [-0.05, 0) is 30.4 Å². The van der Waals surface area contributed by atoms with E-state index in [0.29, 0.717) is 29.2 Å². The van der Waals surface area contributed by atoms with E-state index in [2.05, 4.69) is 13.8 Å². The van der Waals surface area contributed by atoms with E-state index < -0.39 is 5.97 Å². The van der Waals surface area contributed by atoms with Gasteiger partial charge in [-0.2, -0.15) is 0 Å². The van der Waals surface area contributed by atoms with Crippen molar-refractivity contribution in [1.82, 2.24) is 4.90 Å². The van der Waals surface area contributed by atoms with E-state index in [1.165, 1.54) is 12.1 Å². The number of benzene rings is 1. The fourth-order valence-electron chi connectivity index (χ4n) is 2.87. The monoisotopic (exact) mass is 303 g/mol. The van der Waals surface area contributed by atoms with Gasteiger partial charge in [-0.15, -0.1) is 0 Å². The highest BCUT2D eigenvalue weighted by atomic mass is 16.5. The Balaban J connectivity index is 1.87. The quantitative estimate of drug-likeness (QED) is 0.631. The smallest absolute Gasteiger partial charge is 0.338 e. The number of rotatable bonds is 4. The minimum absolute atomic E-state index is 0.156. The molecule has 0 saturated carbocycles. The summed E-state index contributed by atoms with van der Waals surface area (Å²) in [6.07, 6.45) is 1.82. The van der Waals surface area contributed by atoms with E-state index >= 15 is 0 Å². The minimum atomic E-state index is -0.552. The van der Waals surface area contributed by atoms with Crippen molar-refractivity contribution in [2.24, 2.45) is 11.8 Å². The molecule has 2 rings (SSSR count). The van der Waals surface area contributed by atoms with Crippen LogP contribution in [0.25, 0.3) is 0 Å². The maximum absolute atomic E-state index is 12.1. The van der Waals surface area contributed by atoms with E-state index in [4.69, 9.17) is 4.74 Å². The molecule has 1 heterocycles. The van der Waals surface area contributed by atoms with Crippen LogP contribution in [-0.4, -0.2) is 42.8 Å². The fourth-order valence-corrected chi connectivity index (χ4v) is 2.87. The average molecular weight is 303 g/mol. The van der Waals surface area contributed by atoms with Crippen molar-refractivity contribution in [3.63, 3.8) is 0 Å². The zero-order valence-corrected chi connectivity index (χ0v) is 13.0. The van der Waals surface area contributed by atoms with E-state index in [1.54, 1.807) is 17.0 Å². The van der Waals surface area contributed by atoms with Crippen molar-refractivity contribution in [3.05, 3.63) is 35.4 Å². The van der Waals surface area contributed by atoms with E-state index in [0.717, 1.165) is 19.5 Å². The zero-order chi connectivity index (χ0) is 16.1. The van der Waals surface area contributed by atoms with Gasteiger partial charge in [0, 0.05) is 18.7 Å². The maximum atomic E-state index is 12.1. The molecule has 0 aromatic heterocycles. The third-order valence-corrected chi connectivity index (χ3v) is 3.83. The Bertz CT molecular complexity index is 542. The highest BCUT2D eigenvalue weighted by Crippen LogP contribution is 2.20. The second-order valence-electron chi connectivity index (χ2n) is 6.06. The molecule has 5 heteroatoms. The molecule has 1 aliphatic heterocycles. The number of amides is 1. The summed E-state index contributed by atoms with van der Waals surface area (Å²) >= 11 is 0. The van der Waals surface area contributed by atoms with Crippen molar-refractivity contribution < 1.29 is 19.1 Å². The van der Waals surface area contributed by atoms with Crippen LogP contribution in [0.3, 0.4) is 0 Å². The Labute approximate surface area is 130 Å². The van der Waals surface area contributed by atoms with Crippen molar-refractivity contribution >= 4 is 18.2 Å². The summed E-state index contributed by atoms with van der Waals surface area (Å²) in [5.41, 5.74) is 0.822. The van der Waals surface area contributed by atoms with Gasteiger partial charge >= 0.3 is 5.97 Å². The summed E-state index contributed by atoms with van der Waals surface area (Å²) in [7, 11) is 0. The molecule has 0 unspecified atom stereocenters. The van der Waals surface area contributed by atoms with Gasteiger partial charge in [0.25, 0.3) is 5.91 Å². The molecule has 1 saturated heterocycles. The number of hydrogen-bond donors (Lipinski definition) is 0. The molecular weight excluding hydrogens is 282 g/mol. The second kappa shape index (κ2) is 7.20. The summed E-state index contributed by atoms with van der Waals surface area (Å²) in [6, 6.07) is 6.11. The lowest BCUT2D eigenvalue weighted by Gasteiger charge is -2.34. The summed E-state index contributed by atoms with van der Waals surface area (Å²) < 4.78 is 5.07. The standard InChI is InChI=1S/C17H21NO4/c1-12-7-13(2)9-18(8-12)16(20)11-22-17(21)15-5-3-14(10-19)4-6-15/h3-6,10,12-13H,7-9,11H2,1-2H3/t12-,13+. The lowest BCUT2D eigenvalue weighted by molar-refractivity contribution is -0.137. The van der Waals surface area contributed by atoms with Crippen molar-refractivity contribution in [2.45, 2.75) is 20.3 Å². The molecule has 5 nitrogen and oxygen atoms in total. The average Bonchev–Trinajstić information content (AvgIpc) is 2.51. The topological polar surface area (TPSA) is 63.7 Å². The van der Waals surface area contributed by atoms with Gasteiger partial charge in [0.2, 0.25) is 0 Å². The number of piperidine rings is 1. The fraction of sp³-hybridized carbons (Fsp3) is 0.471. The number of likely N-dealkylation sites (tertiary alicyclic amines) is 1. The molecule has 1 fully saturated rings. The number of aldehydes is 1. The number of nitrogens with zero attached hydrogens (tertiary/aromatic N) is 1. The first kappa shape index (κ1) is 16.2. The maximum Gasteiger partial charge on any atom is 0.338 e. The van der Waals surface area contributed by atoms with Gasteiger partial charge in [0.1, 0.15) is 6.29 Å². The molecule has 0 bridgehead atoms. The lowest BCUT2D eigenvalue weighted by atomic mass is 9.92. The van der Waals surface area contributed by atoms with E-state index in [9.17, 15) is 14.4 Å². The second-order valence-corrected chi connectivity index (χ2v) is 6.06. The first-order valence-electron chi connectivity index (χ1n) is 7.49. The molecule has 0 spiro atoms. The van der Waals surface area contributed by atoms with Gasteiger partial charge in [-0.1, -0.05) is 26.0 Å². The van der Waals surface area contributed by atoms with Crippen LogP contribution in [0.2, 0.25) is 0 Å². The SMILES string of the molecule is C[C@@H]1C[C@H](C)CN(C(=O)COC(=O)c2ccc(C=O)cc2)C1. The molecule has 1 aromatic rings. The van der Waals surface area contributed by atoms with Gasteiger partial charge < -0.3 is 9.64 Å². The highest BCUT2D eigenvalue weighted by Gasteiger charge is 2.26. The Morgan fingerprint density at radius 3 is 2.32 bits per heavy atom. The number of ether oxygens (including phenoxy) is 1. The van der Waals surface area contributed by atoms with Crippen LogP contribution in [0, 0.1) is 11.8 Å². The summed E-state index contributed by atoms with van der Waals surface area (Å²) in [4.78, 5) is 36.3. The lowest BCUT2D eigenvalue weighted by Crippen LogP contribution is -2.44. The summed E-state index contributed by atoms with van der Waals surface area (Å²) in [5.74, 6) is 0.235. The van der Waals surface area contributed by atoms with Crippen LogP contribution in [0.1, 0.15) is 41.0 Å². The molecule has 0 aliphatic carbocycles. The molecule has 1 aromatic carbocycles. The largest absolute Gasteiger partial charge is 0.452 e. The Morgan fingerprint density at radius 2 is 1.77 bits per heavy atom. The number of hydrogen-bond acceptors (Lipinski definition) is 4. The molecule has 22 heavy (non-hydrogen) atoms. The third-order valence-electron chi connectivity index (χ3n) is 3.83. The molecular formula is C17H21NO4. The van der Waals surface area contributed by atoms with Crippen LogP contribution in [0.5, 0.6) is 0 Å². The molecule has 1 aliphatic rings. The molecule has 0 radical (unpaired) electrons. The van der Waals surface area contributed by atoms with Crippen LogP contribution in [0.15, 0.2) is 24.3 Å². The zero-order valence-electron chi connectivity index (χ0n) is 13.0. The molecule has 2 atom stereocenters. The number of esters is 1. The van der Waals surface area contributed by atoms with Crippen LogP contribution >= 0.6 is 0 Å². The predicted octanol–water partition coefficient (Wildman–Crippen LogP) is 2.16. The molecule has 1 amide bonds. The van der Waals surface area contributed by atoms with Gasteiger partial charge in [0.05, 0.1) is 5.56 Å². The third kappa shape index (κ3) is 4.16. The van der Waals surface area contributed by atoms with Crippen molar-refractivity contribution in [2.75, 3.05) is 19.7 Å². The number of carbonyl (C=O) groups excluding carboxylic acids is 3. The molecule has 118 valence electrons. The normalized spacial score (nSPS) is 21.3.